The van der Waals surface area contributed by atoms with Crippen LogP contribution in [0.3, 0.4) is 0 Å². The number of thioether (sulfide) groups is 1. The Bertz CT molecular complexity index is 1480. The topological polar surface area (TPSA) is 76.5 Å². The van der Waals surface area contributed by atoms with Gasteiger partial charge in [0.15, 0.2) is 11.0 Å². The first kappa shape index (κ1) is 28.2. The summed E-state index contributed by atoms with van der Waals surface area (Å²) >= 11 is 1.29. The summed E-state index contributed by atoms with van der Waals surface area (Å²) in [6, 6.07) is 24.9. The number of carbonyl (C=O) groups is 3. The first-order valence-corrected chi connectivity index (χ1v) is 14.5. The van der Waals surface area contributed by atoms with Crippen molar-refractivity contribution in [1.29, 1.82) is 0 Å². The van der Waals surface area contributed by atoms with Crippen molar-refractivity contribution in [3.05, 3.63) is 95.7 Å². The lowest BCUT2D eigenvalue weighted by Gasteiger charge is -2.36. The van der Waals surface area contributed by atoms with Crippen molar-refractivity contribution >= 4 is 57.7 Å². The van der Waals surface area contributed by atoms with E-state index in [4.69, 9.17) is 0 Å². The number of aliphatic imine (C=N–C) groups is 1. The Hall–Kier alpha value is -4.37. The third-order valence-corrected chi connectivity index (χ3v) is 8.08. The highest BCUT2D eigenvalue weighted by Gasteiger charge is 2.33. The van der Waals surface area contributed by atoms with Crippen LogP contribution in [0.15, 0.2) is 89.6 Å². The number of Topliss-reactive ketones (excluding diaryl/α,β-unsaturated/α-hetero) is 1. The number of benzene rings is 3. The smallest absolute Gasteiger partial charge is 0.283 e. The van der Waals surface area contributed by atoms with Crippen LogP contribution < -0.4 is 14.7 Å². The summed E-state index contributed by atoms with van der Waals surface area (Å²) < 4.78 is 0. The number of amidine groups is 1. The van der Waals surface area contributed by atoms with Gasteiger partial charge in [0.2, 0.25) is 5.91 Å². The first-order valence-electron chi connectivity index (χ1n) is 13.5. The minimum atomic E-state index is -0.216. The lowest BCUT2D eigenvalue weighted by molar-refractivity contribution is -0.128. The van der Waals surface area contributed by atoms with Crippen molar-refractivity contribution in [1.82, 2.24) is 4.90 Å². The van der Waals surface area contributed by atoms with Crippen molar-refractivity contribution in [2.24, 2.45) is 4.99 Å². The maximum absolute atomic E-state index is 13.5. The van der Waals surface area contributed by atoms with Crippen LogP contribution in [0.5, 0.6) is 0 Å². The second-order valence-electron chi connectivity index (χ2n) is 10.1. The molecule has 2 heterocycles. The molecule has 210 valence electrons. The molecule has 0 saturated carbocycles. The van der Waals surface area contributed by atoms with Crippen LogP contribution in [0.2, 0.25) is 0 Å². The molecule has 41 heavy (non-hydrogen) atoms. The Labute approximate surface area is 244 Å². The third-order valence-electron chi connectivity index (χ3n) is 7.15. The molecule has 5 rings (SSSR count). The summed E-state index contributed by atoms with van der Waals surface area (Å²) in [5, 5.41) is 0.495. The van der Waals surface area contributed by atoms with Crippen LogP contribution in [0, 0.1) is 0 Å². The molecule has 2 amide bonds. The van der Waals surface area contributed by atoms with E-state index in [2.05, 4.69) is 9.89 Å². The fourth-order valence-corrected chi connectivity index (χ4v) is 5.68. The second kappa shape index (κ2) is 12.4. The van der Waals surface area contributed by atoms with Crippen LogP contribution in [0.1, 0.15) is 22.8 Å². The normalized spacial score (nSPS) is 16.3. The van der Waals surface area contributed by atoms with Gasteiger partial charge < -0.3 is 14.7 Å². The zero-order valence-electron chi connectivity index (χ0n) is 23.5. The summed E-state index contributed by atoms with van der Waals surface area (Å²) in [4.78, 5) is 50.6. The molecule has 8 nitrogen and oxygen atoms in total. The van der Waals surface area contributed by atoms with E-state index >= 15 is 0 Å². The van der Waals surface area contributed by atoms with Gasteiger partial charge in [0.1, 0.15) is 5.70 Å². The van der Waals surface area contributed by atoms with Crippen LogP contribution >= 0.6 is 11.8 Å². The van der Waals surface area contributed by atoms with Crippen LogP contribution in [-0.4, -0.2) is 73.7 Å². The first-order chi connectivity index (χ1) is 19.8. The quantitative estimate of drug-likeness (QED) is 0.302. The van der Waals surface area contributed by atoms with Crippen molar-refractivity contribution < 1.29 is 14.4 Å². The molecule has 0 spiro atoms. The van der Waals surface area contributed by atoms with E-state index in [0.29, 0.717) is 48.3 Å². The van der Waals surface area contributed by atoms with Gasteiger partial charge in [-0.05, 0) is 67.1 Å². The van der Waals surface area contributed by atoms with Gasteiger partial charge >= 0.3 is 0 Å². The fraction of sp³-hybridized carbons (Fsp3) is 0.250. The summed E-state index contributed by atoms with van der Waals surface area (Å²) in [5.41, 5.74) is 4.74. The lowest BCUT2D eigenvalue weighted by Crippen LogP contribution is -2.49. The van der Waals surface area contributed by atoms with Gasteiger partial charge in [0.25, 0.3) is 5.91 Å². The van der Waals surface area contributed by atoms with Gasteiger partial charge in [-0.15, -0.1) is 0 Å². The number of rotatable bonds is 7. The number of ketones is 1. The van der Waals surface area contributed by atoms with E-state index in [9.17, 15) is 14.4 Å². The van der Waals surface area contributed by atoms with E-state index < -0.39 is 0 Å². The Balaban J connectivity index is 1.25. The highest BCUT2D eigenvalue weighted by molar-refractivity contribution is 8.14. The van der Waals surface area contributed by atoms with Crippen LogP contribution in [-0.2, 0) is 9.59 Å². The van der Waals surface area contributed by atoms with Gasteiger partial charge in [-0.1, -0.05) is 42.1 Å². The Kier molecular flexibility index (Phi) is 8.54. The second-order valence-corrected chi connectivity index (χ2v) is 11.1. The van der Waals surface area contributed by atoms with Gasteiger partial charge in [-0.25, -0.2) is 4.99 Å². The number of nitrogens with zero attached hydrogens (tertiary/aromatic N) is 5. The fourth-order valence-electron chi connectivity index (χ4n) is 4.76. The van der Waals surface area contributed by atoms with E-state index in [0.717, 1.165) is 16.9 Å². The standard InChI is InChI=1S/C32H33N5O3S/c1-23(38)25-11-15-27(16-12-25)35-17-19-36(20-18-35)30(39)22-41-32-33-29(21-24-9-13-26(14-10-24)34(2)3)31(40)37(32)28-7-5-4-6-8-28/h4-16,21H,17-20,22H2,1-3H3. The molecule has 0 N–H and O–H groups in total. The summed E-state index contributed by atoms with van der Waals surface area (Å²) in [5.74, 6) is 0.0342. The highest BCUT2D eigenvalue weighted by atomic mass is 32.2. The molecule has 0 aromatic heterocycles. The molecular weight excluding hydrogens is 534 g/mol. The number of amides is 2. The molecule has 0 unspecified atom stereocenters. The summed E-state index contributed by atoms with van der Waals surface area (Å²) in [6.45, 7) is 4.20. The number of hydrogen-bond donors (Lipinski definition) is 0. The number of hydrogen-bond acceptors (Lipinski definition) is 7. The van der Waals surface area contributed by atoms with Crippen LogP contribution in [0.4, 0.5) is 17.1 Å². The van der Waals surface area contributed by atoms with Gasteiger partial charge in [0.05, 0.1) is 11.4 Å². The Morgan fingerprint density at radius 1 is 0.878 bits per heavy atom. The zero-order valence-corrected chi connectivity index (χ0v) is 24.3. The molecule has 0 bridgehead atoms. The molecule has 1 saturated heterocycles. The molecule has 9 heteroatoms. The molecule has 0 atom stereocenters. The summed E-state index contributed by atoms with van der Waals surface area (Å²) in [6.07, 6.45) is 1.79. The predicted octanol–water partition coefficient (Wildman–Crippen LogP) is 4.78. The number of anilines is 3. The van der Waals surface area contributed by atoms with Crippen molar-refractivity contribution in [2.75, 3.05) is 60.7 Å². The molecule has 2 aliphatic rings. The molecule has 3 aromatic rings. The van der Waals surface area contributed by atoms with Gasteiger partial charge in [0, 0.05) is 57.2 Å². The molecule has 0 radical (unpaired) electrons. The molecule has 1 fully saturated rings. The van der Waals surface area contributed by atoms with Crippen molar-refractivity contribution in [2.45, 2.75) is 6.92 Å². The average molecular weight is 568 g/mol. The Morgan fingerprint density at radius 3 is 2.15 bits per heavy atom. The number of para-hydroxylation sites is 1. The molecular formula is C32H33N5O3S. The minimum Gasteiger partial charge on any atom is -0.378 e. The molecule has 0 aliphatic carbocycles. The largest absolute Gasteiger partial charge is 0.378 e. The molecule has 3 aromatic carbocycles. The maximum atomic E-state index is 13.5. The monoisotopic (exact) mass is 567 g/mol. The van der Waals surface area contributed by atoms with Gasteiger partial charge in [-0.3, -0.25) is 19.3 Å². The average Bonchev–Trinajstić information content (AvgIpc) is 3.31. The predicted molar refractivity (Wildman–Crippen MR) is 168 cm³/mol. The number of carbonyl (C=O) groups excluding carboxylic acids is 3. The highest BCUT2D eigenvalue weighted by Crippen LogP contribution is 2.30. The number of piperazine rings is 1. The zero-order chi connectivity index (χ0) is 28.9. The van der Waals surface area contributed by atoms with E-state index in [1.165, 1.54) is 11.8 Å². The maximum Gasteiger partial charge on any atom is 0.283 e. The van der Waals surface area contributed by atoms with Crippen LogP contribution in [0.25, 0.3) is 6.08 Å². The van der Waals surface area contributed by atoms with Gasteiger partial charge in [-0.2, -0.15) is 0 Å². The lowest BCUT2D eigenvalue weighted by atomic mass is 10.1. The van der Waals surface area contributed by atoms with Crippen molar-refractivity contribution in [3.8, 4) is 0 Å². The van der Waals surface area contributed by atoms with E-state index in [-0.39, 0.29) is 23.4 Å². The minimum absolute atomic E-state index is 0.0152. The third kappa shape index (κ3) is 6.52. The SMILES string of the molecule is CC(=O)c1ccc(N2CCN(C(=O)CSC3=NC(=Cc4ccc(N(C)C)cc4)C(=O)N3c3ccccc3)CC2)cc1. The Morgan fingerprint density at radius 2 is 1.54 bits per heavy atom. The summed E-state index contributed by atoms with van der Waals surface area (Å²) in [7, 11) is 3.96. The van der Waals surface area contributed by atoms with E-state index in [1.54, 1.807) is 17.9 Å². The van der Waals surface area contributed by atoms with E-state index in [1.807, 2.05) is 103 Å². The molecule has 2 aliphatic heterocycles. The van der Waals surface area contributed by atoms with Crippen molar-refractivity contribution in [3.63, 3.8) is 0 Å².